The van der Waals surface area contributed by atoms with Gasteiger partial charge in [-0.15, -0.1) is 11.3 Å². The van der Waals surface area contributed by atoms with Crippen molar-refractivity contribution in [2.24, 2.45) is 23.5 Å². The second-order valence-corrected chi connectivity index (χ2v) is 7.24. The number of benzene rings is 1. The Balaban J connectivity index is 1.76. The number of hydrogen-bond acceptors (Lipinski definition) is 3. The predicted octanol–water partition coefficient (Wildman–Crippen LogP) is 4.24. The molecule has 1 saturated carbocycles. The molecule has 2 nitrogen and oxygen atoms in total. The maximum absolute atomic E-state index is 5.99. The standard InChI is InChI=1S/C17H24N2S/c1-2-12-7-8-13(11-18)14(9-12)10-17-19-15-5-3-4-6-16(15)20-17/h3-6,12-14H,2,7-11,18H2,1H3. The zero-order valence-corrected chi connectivity index (χ0v) is 13.0. The van der Waals surface area contributed by atoms with Crippen molar-refractivity contribution in [3.63, 3.8) is 0 Å². The van der Waals surface area contributed by atoms with Crippen molar-refractivity contribution < 1.29 is 0 Å². The minimum absolute atomic E-state index is 0.699. The fourth-order valence-electron chi connectivity index (χ4n) is 3.59. The van der Waals surface area contributed by atoms with Crippen LogP contribution in [0.25, 0.3) is 10.2 Å². The summed E-state index contributed by atoms with van der Waals surface area (Å²) in [5, 5.41) is 1.30. The van der Waals surface area contributed by atoms with Crippen LogP contribution in [0.1, 0.15) is 37.6 Å². The quantitative estimate of drug-likeness (QED) is 0.914. The molecule has 2 aromatic rings. The summed E-state index contributed by atoms with van der Waals surface area (Å²) >= 11 is 1.86. The van der Waals surface area contributed by atoms with Gasteiger partial charge in [0.25, 0.3) is 0 Å². The van der Waals surface area contributed by atoms with Gasteiger partial charge < -0.3 is 5.73 Å². The van der Waals surface area contributed by atoms with E-state index in [1.807, 2.05) is 11.3 Å². The lowest BCUT2D eigenvalue weighted by Gasteiger charge is -2.35. The summed E-state index contributed by atoms with van der Waals surface area (Å²) in [6.45, 7) is 3.16. The molecule has 1 heterocycles. The van der Waals surface area contributed by atoms with Gasteiger partial charge in [0, 0.05) is 6.42 Å². The summed E-state index contributed by atoms with van der Waals surface area (Å²) in [7, 11) is 0. The first kappa shape index (κ1) is 14.0. The van der Waals surface area contributed by atoms with E-state index in [1.54, 1.807) is 0 Å². The highest BCUT2D eigenvalue weighted by atomic mass is 32.1. The highest BCUT2D eigenvalue weighted by molar-refractivity contribution is 7.18. The number of para-hydroxylation sites is 1. The van der Waals surface area contributed by atoms with Gasteiger partial charge in [-0.25, -0.2) is 4.98 Å². The average molecular weight is 288 g/mol. The summed E-state index contributed by atoms with van der Waals surface area (Å²) in [6.07, 6.45) is 6.46. The highest BCUT2D eigenvalue weighted by Gasteiger charge is 2.29. The fraction of sp³-hybridized carbons (Fsp3) is 0.588. The molecule has 0 amide bonds. The van der Waals surface area contributed by atoms with Crippen LogP contribution in [-0.2, 0) is 6.42 Å². The van der Waals surface area contributed by atoms with Gasteiger partial charge in [0.15, 0.2) is 0 Å². The lowest BCUT2D eigenvalue weighted by molar-refractivity contribution is 0.180. The molecule has 1 aliphatic carbocycles. The van der Waals surface area contributed by atoms with Crippen molar-refractivity contribution in [3.05, 3.63) is 29.3 Å². The van der Waals surface area contributed by atoms with Crippen molar-refractivity contribution >= 4 is 21.6 Å². The van der Waals surface area contributed by atoms with E-state index in [0.717, 1.165) is 30.3 Å². The van der Waals surface area contributed by atoms with E-state index >= 15 is 0 Å². The summed E-state index contributed by atoms with van der Waals surface area (Å²) in [5.41, 5.74) is 7.14. The molecule has 1 aliphatic rings. The predicted molar refractivity (Wildman–Crippen MR) is 87.0 cm³/mol. The van der Waals surface area contributed by atoms with E-state index in [4.69, 9.17) is 10.7 Å². The second-order valence-electron chi connectivity index (χ2n) is 6.12. The third kappa shape index (κ3) is 2.89. The van der Waals surface area contributed by atoms with E-state index in [1.165, 1.54) is 35.4 Å². The Morgan fingerprint density at radius 3 is 2.85 bits per heavy atom. The molecule has 1 aromatic heterocycles. The van der Waals surface area contributed by atoms with E-state index in [9.17, 15) is 0 Å². The average Bonchev–Trinajstić information content (AvgIpc) is 2.89. The largest absolute Gasteiger partial charge is 0.330 e. The molecule has 1 aromatic carbocycles. The summed E-state index contributed by atoms with van der Waals surface area (Å²) < 4.78 is 1.31. The molecule has 3 unspecified atom stereocenters. The second kappa shape index (κ2) is 6.23. The van der Waals surface area contributed by atoms with Crippen LogP contribution in [0, 0.1) is 17.8 Å². The van der Waals surface area contributed by atoms with Crippen molar-refractivity contribution in [2.45, 2.75) is 39.0 Å². The minimum atomic E-state index is 0.699. The number of fused-ring (bicyclic) bond motifs is 1. The van der Waals surface area contributed by atoms with Gasteiger partial charge in [0.05, 0.1) is 15.2 Å². The monoisotopic (exact) mass is 288 g/mol. The Morgan fingerprint density at radius 2 is 2.10 bits per heavy atom. The summed E-state index contributed by atoms with van der Waals surface area (Å²) in [6, 6.07) is 8.46. The third-order valence-electron chi connectivity index (χ3n) is 4.90. The van der Waals surface area contributed by atoms with Crippen molar-refractivity contribution in [1.29, 1.82) is 0 Å². The Hall–Kier alpha value is -0.930. The molecule has 0 aliphatic heterocycles. The number of nitrogens with zero attached hydrogens (tertiary/aromatic N) is 1. The number of rotatable bonds is 4. The van der Waals surface area contributed by atoms with Gasteiger partial charge in [0.2, 0.25) is 0 Å². The van der Waals surface area contributed by atoms with Crippen LogP contribution >= 0.6 is 11.3 Å². The van der Waals surface area contributed by atoms with Crippen LogP contribution in [0.4, 0.5) is 0 Å². The van der Waals surface area contributed by atoms with Crippen LogP contribution in [0.2, 0.25) is 0 Å². The van der Waals surface area contributed by atoms with Crippen molar-refractivity contribution in [1.82, 2.24) is 4.98 Å². The molecule has 2 N–H and O–H groups in total. The van der Waals surface area contributed by atoms with Crippen molar-refractivity contribution in [2.75, 3.05) is 6.54 Å². The SMILES string of the molecule is CCC1CCC(CN)C(Cc2nc3ccccc3s2)C1. The Kier molecular flexibility index (Phi) is 4.37. The number of nitrogens with two attached hydrogens (primary N) is 1. The first-order valence-corrected chi connectivity index (χ1v) is 8.66. The van der Waals surface area contributed by atoms with E-state index in [-0.39, 0.29) is 0 Å². The van der Waals surface area contributed by atoms with Gasteiger partial charge >= 0.3 is 0 Å². The minimum Gasteiger partial charge on any atom is -0.330 e. The van der Waals surface area contributed by atoms with Crippen LogP contribution in [0.3, 0.4) is 0 Å². The maximum Gasteiger partial charge on any atom is 0.0941 e. The normalized spacial score (nSPS) is 27.0. The lowest BCUT2D eigenvalue weighted by Crippen LogP contribution is -2.31. The van der Waals surface area contributed by atoms with Crippen LogP contribution < -0.4 is 5.73 Å². The molecular weight excluding hydrogens is 264 g/mol. The van der Waals surface area contributed by atoms with Crippen LogP contribution in [0.5, 0.6) is 0 Å². The van der Waals surface area contributed by atoms with Crippen LogP contribution in [0.15, 0.2) is 24.3 Å². The molecule has 0 saturated heterocycles. The van der Waals surface area contributed by atoms with E-state index < -0.39 is 0 Å². The topological polar surface area (TPSA) is 38.9 Å². The molecular formula is C17H24N2S. The Morgan fingerprint density at radius 1 is 1.25 bits per heavy atom. The molecule has 3 atom stereocenters. The summed E-state index contributed by atoms with van der Waals surface area (Å²) in [4.78, 5) is 4.80. The van der Waals surface area contributed by atoms with Gasteiger partial charge in [0.1, 0.15) is 0 Å². The molecule has 3 rings (SSSR count). The molecule has 0 spiro atoms. The van der Waals surface area contributed by atoms with E-state index in [2.05, 4.69) is 31.2 Å². The smallest absolute Gasteiger partial charge is 0.0941 e. The van der Waals surface area contributed by atoms with E-state index in [0.29, 0.717) is 5.92 Å². The van der Waals surface area contributed by atoms with Gasteiger partial charge in [-0.05, 0) is 49.3 Å². The molecule has 1 fully saturated rings. The van der Waals surface area contributed by atoms with Gasteiger partial charge in [-0.3, -0.25) is 0 Å². The maximum atomic E-state index is 5.99. The zero-order valence-electron chi connectivity index (χ0n) is 12.2. The Labute approximate surface area is 125 Å². The van der Waals surface area contributed by atoms with Gasteiger partial charge in [-0.2, -0.15) is 0 Å². The van der Waals surface area contributed by atoms with Crippen molar-refractivity contribution in [3.8, 4) is 0 Å². The number of thiazole rings is 1. The first-order valence-electron chi connectivity index (χ1n) is 7.84. The molecule has 20 heavy (non-hydrogen) atoms. The highest BCUT2D eigenvalue weighted by Crippen LogP contribution is 2.38. The number of aromatic nitrogens is 1. The van der Waals surface area contributed by atoms with Crippen LogP contribution in [-0.4, -0.2) is 11.5 Å². The Bertz CT molecular complexity index is 530. The molecule has 3 heteroatoms. The third-order valence-corrected chi connectivity index (χ3v) is 5.96. The zero-order chi connectivity index (χ0) is 13.9. The molecule has 0 radical (unpaired) electrons. The summed E-state index contributed by atoms with van der Waals surface area (Å²) in [5.74, 6) is 2.33. The van der Waals surface area contributed by atoms with Gasteiger partial charge in [-0.1, -0.05) is 31.9 Å². The first-order chi connectivity index (χ1) is 9.80. The molecule has 108 valence electrons. The number of hydrogen-bond donors (Lipinski definition) is 1. The lowest BCUT2D eigenvalue weighted by atomic mass is 9.72. The molecule has 0 bridgehead atoms. The fourth-order valence-corrected chi connectivity index (χ4v) is 4.65.